The van der Waals surface area contributed by atoms with Crippen molar-refractivity contribution in [3.05, 3.63) is 44.3 Å². The number of thiazole rings is 1. The average Bonchev–Trinajstić information content (AvgIpc) is 2.85. The number of halogens is 1. The molecule has 0 aliphatic rings. The second-order valence-corrected chi connectivity index (χ2v) is 5.99. The van der Waals surface area contributed by atoms with Gasteiger partial charge in [-0.25, -0.2) is 9.78 Å². The zero-order valence-corrected chi connectivity index (χ0v) is 13.3. The van der Waals surface area contributed by atoms with Crippen LogP contribution in [0.25, 0.3) is 0 Å². The molecular formula is C14H14BrNO3S. The summed E-state index contributed by atoms with van der Waals surface area (Å²) in [4.78, 5) is 15.6. The predicted molar refractivity (Wildman–Crippen MR) is 81.5 cm³/mol. The van der Waals surface area contributed by atoms with E-state index in [1.54, 1.807) is 23.5 Å². The minimum Gasteiger partial charge on any atom is -0.485 e. The minimum atomic E-state index is -1.01. The molecule has 2 aromatic rings. The van der Waals surface area contributed by atoms with Gasteiger partial charge in [-0.05, 0) is 40.9 Å². The lowest BCUT2D eigenvalue weighted by Crippen LogP contribution is -2.04. The van der Waals surface area contributed by atoms with Crippen molar-refractivity contribution in [3.8, 4) is 5.75 Å². The molecule has 1 aromatic heterocycles. The van der Waals surface area contributed by atoms with Crippen molar-refractivity contribution in [2.45, 2.75) is 26.4 Å². The lowest BCUT2D eigenvalue weighted by molar-refractivity contribution is 0.0691. The normalized spacial score (nSPS) is 10.5. The molecular weight excluding hydrogens is 342 g/mol. The van der Waals surface area contributed by atoms with Gasteiger partial charge >= 0.3 is 5.97 Å². The van der Waals surface area contributed by atoms with Gasteiger partial charge in [0.05, 0.1) is 15.2 Å². The van der Waals surface area contributed by atoms with E-state index in [1.807, 2.05) is 5.38 Å². The summed E-state index contributed by atoms with van der Waals surface area (Å²) in [5.74, 6) is -0.670. The highest BCUT2D eigenvalue weighted by Gasteiger charge is 2.14. The Morgan fingerprint density at radius 2 is 2.30 bits per heavy atom. The molecule has 0 unspecified atom stereocenters. The maximum absolute atomic E-state index is 11.2. The first-order chi connectivity index (χ1) is 9.61. The van der Waals surface area contributed by atoms with Crippen LogP contribution in [-0.2, 0) is 13.0 Å². The maximum Gasteiger partial charge on any atom is 0.339 e. The Hall–Kier alpha value is -1.40. The van der Waals surface area contributed by atoms with Crippen molar-refractivity contribution in [3.63, 3.8) is 0 Å². The number of rotatable bonds is 6. The Morgan fingerprint density at radius 1 is 1.50 bits per heavy atom. The average molecular weight is 356 g/mol. The van der Waals surface area contributed by atoms with Crippen LogP contribution in [0.15, 0.2) is 28.1 Å². The number of aromatic nitrogens is 1. The number of carbonyl (C=O) groups is 1. The minimum absolute atomic E-state index is 0.142. The van der Waals surface area contributed by atoms with Crippen molar-refractivity contribution in [1.29, 1.82) is 0 Å². The molecule has 0 spiro atoms. The van der Waals surface area contributed by atoms with Crippen LogP contribution in [0.1, 0.15) is 34.4 Å². The number of hydrogen-bond donors (Lipinski definition) is 1. The summed E-state index contributed by atoms with van der Waals surface area (Å²) in [5, 5.41) is 12.2. The molecule has 0 saturated heterocycles. The van der Waals surface area contributed by atoms with Gasteiger partial charge in [0.1, 0.15) is 17.9 Å². The standard InChI is InChI=1S/C14H14BrNO3S/c1-2-4-12-16-9(8-20-12)7-19-13-10(14(17)18)5-3-6-11(13)15/h3,5-6,8H,2,4,7H2,1H3,(H,17,18). The third kappa shape index (κ3) is 3.58. The molecule has 1 aromatic carbocycles. The van der Waals surface area contributed by atoms with E-state index in [4.69, 9.17) is 9.84 Å². The predicted octanol–water partition coefficient (Wildman–Crippen LogP) is 4.14. The summed E-state index contributed by atoms with van der Waals surface area (Å²) < 4.78 is 6.25. The summed E-state index contributed by atoms with van der Waals surface area (Å²) in [6.07, 6.45) is 2.02. The molecule has 1 N–H and O–H groups in total. The largest absolute Gasteiger partial charge is 0.485 e. The molecule has 4 nitrogen and oxygen atoms in total. The summed E-state index contributed by atoms with van der Waals surface area (Å²) in [6.45, 7) is 2.38. The van der Waals surface area contributed by atoms with Crippen LogP contribution in [0, 0.1) is 0 Å². The molecule has 0 atom stereocenters. The molecule has 0 fully saturated rings. The topological polar surface area (TPSA) is 59.4 Å². The molecule has 0 saturated carbocycles. The molecule has 0 aliphatic heterocycles. The quantitative estimate of drug-likeness (QED) is 0.845. The zero-order chi connectivity index (χ0) is 14.5. The van der Waals surface area contributed by atoms with E-state index in [-0.39, 0.29) is 12.2 Å². The van der Waals surface area contributed by atoms with E-state index in [0.717, 1.165) is 23.5 Å². The lowest BCUT2D eigenvalue weighted by atomic mass is 10.2. The van der Waals surface area contributed by atoms with Crippen LogP contribution >= 0.6 is 27.3 Å². The third-order valence-electron chi connectivity index (χ3n) is 2.62. The fourth-order valence-corrected chi connectivity index (χ4v) is 3.08. The van der Waals surface area contributed by atoms with Gasteiger partial charge < -0.3 is 9.84 Å². The Bertz CT molecular complexity index is 612. The first kappa shape index (κ1) is 15.0. The Labute approximate surface area is 129 Å². The first-order valence-corrected chi connectivity index (χ1v) is 7.87. The molecule has 1 heterocycles. The summed E-state index contributed by atoms with van der Waals surface area (Å²) >= 11 is 4.92. The zero-order valence-electron chi connectivity index (χ0n) is 10.9. The number of aromatic carboxylic acids is 1. The van der Waals surface area contributed by atoms with Crippen molar-refractivity contribution in [2.75, 3.05) is 0 Å². The number of carboxylic acid groups (broad SMARTS) is 1. The van der Waals surface area contributed by atoms with E-state index >= 15 is 0 Å². The van der Waals surface area contributed by atoms with E-state index < -0.39 is 5.97 Å². The van der Waals surface area contributed by atoms with E-state index in [9.17, 15) is 4.79 Å². The van der Waals surface area contributed by atoms with Crippen molar-refractivity contribution >= 4 is 33.2 Å². The SMILES string of the molecule is CCCc1nc(COc2c(Br)cccc2C(=O)O)cs1. The molecule has 106 valence electrons. The van der Waals surface area contributed by atoms with E-state index in [2.05, 4.69) is 27.8 Å². The van der Waals surface area contributed by atoms with Gasteiger partial charge in [0, 0.05) is 5.38 Å². The lowest BCUT2D eigenvalue weighted by Gasteiger charge is -2.09. The van der Waals surface area contributed by atoms with Gasteiger partial charge in [0.25, 0.3) is 0 Å². The summed E-state index contributed by atoms with van der Waals surface area (Å²) in [6, 6.07) is 4.94. The number of ether oxygens (including phenoxy) is 1. The van der Waals surface area contributed by atoms with Crippen molar-refractivity contribution < 1.29 is 14.6 Å². The molecule has 2 rings (SSSR count). The van der Waals surface area contributed by atoms with E-state index in [0.29, 0.717) is 10.2 Å². The number of hydrogen-bond acceptors (Lipinski definition) is 4. The Balaban J connectivity index is 2.12. The van der Waals surface area contributed by atoms with Crippen molar-refractivity contribution in [2.24, 2.45) is 0 Å². The molecule has 20 heavy (non-hydrogen) atoms. The van der Waals surface area contributed by atoms with Gasteiger partial charge in [-0.1, -0.05) is 13.0 Å². The Kier molecular flexibility index (Phi) is 5.14. The second-order valence-electron chi connectivity index (χ2n) is 4.19. The second kappa shape index (κ2) is 6.85. The van der Waals surface area contributed by atoms with Crippen LogP contribution in [0.3, 0.4) is 0 Å². The highest BCUT2D eigenvalue weighted by atomic mass is 79.9. The first-order valence-electron chi connectivity index (χ1n) is 6.19. The number of carboxylic acids is 1. The molecule has 0 aliphatic carbocycles. The number of nitrogens with zero attached hydrogens (tertiary/aromatic N) is 1. The van der Waals surface area contributed by atoms with Crippen LogP contribution < -0.4 is 4.74 Å². The van der Waals surface area contributed by atoms with Gasteiger partial charge in [-0.2, -0.15) is 0 Å². The van der Waals surface area contributed by atoms with Crippen molar-refractivity contribution in [1.82, 2.24) is 4.98 Å². The highest BCUT2D eigenvalue weighted by Crippen LogP contribution is 2.30. The van der Waals surface area contributed by atoms with Gasteiger partial charge in [0.15, 0.2) is 0 Å². The van der Waals surface area contributed by atoms with Crippen LogP contribution in [0.2, 0.25) is 0 Å². The summed E-state index contributed by atoms with van der Waals surface area (Å²) in [7, 11) is 0. The highest BCUT2D eigenvalue weighted by molar-refractivity contribution is 9.10. The smallest absolute Gasteiger partial charge is 0.339 e. The van der Waals surface area contributed by atoms with Gasteiger partial charge in [0.2, 0.25) is 0 Å². The fraction of sp³-hybridized carbons (Fsp3) is 0.286. The van der Waals surface area contributed by atoms with E-state index in [1.165, 1.54) is 6.07 Å². The van der Waals surface area contributed by atoms with Crippen LogP contribution in [0.4, 0.5) is 0 Å². The van der Waals surface area contributed by atoms with Gasteiger partial charge in [-0.3, -0.25) is 0 Å². The molecule has 0 amide bonds. The number of aryl methyl sites for hydroxylation is 1. The summed E-state index contributed by atoms with van der Waals surface area (Å²) in [5.41, 5.74) is 0.967. The monoisotopic (exact) mass is 355 g/mol. The third-order valence-corrected chi connectivity index (χ3v) is 4.21. The molecule has 0 bridgehead atoms. The maximum atomic E-state index is 11.2. The fourth-order valence-electron chi connectivity index (χ4n) is 1.71. The van der Waals surface area contributed by atoms with Crippen LogP contribution in [0.5, 0.6) is 5.75 Å². The van der Waals surface area contributed by atoms with Crippen LogP contribution in [-0.4, -0.2) is 16.1 Å². The van der Waals surface area contributed by atoms with Gasteiger partial charge in [-0.15, -0.1) is 11.3 Å². The molecule has 6 heteroatoms. The number of benzene rings is 1. The Morgan fingerprint density at radius 3 is 3.00 bits per heavy atom. The molecule has 0 radical (unpaired) electrons. The number of para-hydroxylation sites is 1.